The first kappa shape index (κ1) is 21.3. The van der Waals surface area contributed by atoms with Crippen molar-refractivity contribution in [3.8, 4) is 0 Å². The zero-order chi connectivity index (χ0) is 20.5. The van der Waals surface area contributed by atoms with E-state index in [-0.39, 0.29) is 32.3 Å². The van der Waals surface area contributed by atoms with Gasteiger partial charge >= 0.3 is 11.9 Å². The van der Waals surface area contributed by atoms with Gasteiger partial charge in [-0.3, -0.25) is 0 Å². The Morgan fingerprint density at radius 2 is 1.57 bits per heavy atom. The second-order valence-electron chi connectivity index (χ2n) is 6.47. The van der Waals surface area contributed by atoms with Crippen LogP contribution in [0.5, 0.6) is 0 Å². The number of hydrogen-bond acceptors (Lipinski definition) is 6. The molecule has 0 bridgehead atoms. The molecule has 0 aromatic carbocycles. The van der Waals surface area contributed by atoms with Crippen LogP contribution >= 0.6 is 0 Å². The van der Waals surface area contributed by atoms with E-state index in [9.17, 15) is 9.59 Å². The van der Waals surface area contributed by atoms with Gasteiger partial charge in [0.05, 0.1) is 0 Å². The molecular formula is C22H26O6. The molecule has 0 N–H and O–H groups in total. The van der Waals surface area contributed by atoms with Gasteiger partial charge < -0.3 is 18.9 Å². The fraction of sp³-hybridized carbons (Fsp3) is 0.364. The minimum Gasteiger partial charge on any atom is -0.490 e. The molecule has 28 heavy (non-hydrogen) atoms. The number of carbonyl (C=O) groups excluding carboxylic acids is 2. The van der Waals surface area contributed by atoms with Crippen LogP contribution in [-0.4, -0.2) is 38.4 Å². The van der Waals surface area contributed by atoms with Crippen LogP contribution in [0.4, 0.5) is 0 Å². The Balaban J connectivity index is 1.96. The molecule has 0 aromatic heterocycles. The zero-order valence-electron chi connectivity index (χ0n) is 16.4. The molecule has 0 aliphatic heterocycles. The van der Waals surface area contributed by atoms with Crippen molar-refractivity contribution in [1.82, 2.24) is 0 Å². The van der Waals surface area contributed by atoms with Gasteiger partial charge in [-0.15, -0.1) is 0 Å². The SMILES string of the molecule is C=C(C)C(=O)OCCOC1=C(OCCOC(=O)C(=C)C)C2CC=CC=C2C=C1. The highest BCUT2D eigenvalue weighted by Crippen LogP contribution is 2.35. The zero-order valence-corrected chi connectivity index (χ0v) is 16.4. The molecule has 0 fully saturated rings. The molecule has 2 aliphatic carbocycles. The van der Waals surface area contributed by atoms with E-state index in [2.05, 4.69) is 19.2 Å². The molecule has 0 radical (unpaired) electrons. The summed E-state index contributed by atoms with van der Waals surface area (Å²) in [5.41, 5.74) is 1.81. The van der Waals surface area contributed by atoms with Crippen molar-refractivity contribution in [1.29, 1.82) is 0 Å². The van der Waals surface area contributed by atoms with Crippen LogP contribution in [0.3, 0.4) is 0 Å². The highest BCUT2D eigenvalue weighted by Gasteiger charge is 2.27. The number of allylic oxidation sites excluding steroid dienone is 6. The normalized spacial score (nSPS) is 17.4. The third kappa shape index (κ3) is 6.01. The summed E-state index contributed by atoms with van der Waals surface area (Å²) in [7, 11) is 0. The van der Waals surface area contributed by atoms with Gasteiger partial charge in [0.15, 0.2) is 5.76 Å². The fourth-order valence-electron chi connectivity index (χ4n) is 2.61. The molecule has 6 heteroatoms. The highest BCUT2D eigenvalue weighted by molar-refractivity contribution is 5.87. The second kappa shape index (κ2) is 10.3. The first-order valence-corrected chi connectivity index (χ1v) is 9.10. The van der Waals surface area contributed by atoms with E-state index in [1.54, 1.807) is 13.8 Å². The summed E-state index contributed by atoms with van der Waals surface area (Å²) >= 11 is 0. The molecule has 2 rings (SSSR count). The molecule has 1 atom stereocenters. The molecule has 0 saturated carbocycles. The van der Waals surface area contributed by atoms with E-state index in [4.69, 9.17) is 18.9 Å². The van der Waals surface area contributed by atoms with Crippen LogP contribution in [0.25, 0.3) is 0 Å². The van der Waals surface area contributed by atoms with Crippen LogP contribution in [0.2, 0.25) is 0 Å². The van der Waals surface area contributed by atoms with Crippen molar-refractivity contribution >= 4 is 11.9 Å². The lowest BCUT2D eigenvalue weighted by atomic mass is 9.86. The molecule has 0 amide bonds. The summed E-state index contributed by atoms with van der Waals surface area (Å²) in [5, 5.41) is 0. The summed E-state index contributed by atoms with van der Waals surface area (Å²) in [6.45, 7) is 10.9. The first-order chi connectivity index (χ1) is 13.4. The molecule has 0 heterocycles. The lowest BCUT2D eigenvalue weighted by molar-refractivity contribution is -0.141. The predicted molar refractivity (Wildman–Crippen MR) is 105 cm³/mol. The van der Waals surface area contributed by atoms with E-state index in [0.29, 0.717) is 22.7 Å². The minimum atomic E-state index is -0.449. The Kier molecular flexibility index (Phi) is 7.87. The van der Waals surface area contributed by atoms with E-state index < -0.39 is 11.9 Å². The Labute approximate surface area is 165 Å². The van der Waals surface area contributed by atoms with Gasteiger partial charge in [0.2, 0.25) is 0 Å². The average Bonchev–Trinajstić information content (AvgIpc) is 2.68. The van der Waals surface area contributed by atoms with Crippen molar-refractivity contribution < 1.29 is 28.5 Å². The van der Waals surface area contributed by atoms with Gasteiger partial charge in [-0.05, 0) is 31.9 Å². The topological polar surface area (TPSA) is 71.1 Å². The van der Waals surface area contributed by atoms with Crippen molar-refractivity contribution in [3.63, 3.8) is 0 Å². The Morgan fingerprint density at radius 3 is 2.18 bits per heavy atom. The monoisotopic (exact) mass is 386 g/mol. The number of rotatable bonds is 10. The molecule has 6 nitrogen and oxygen atoms in total. The molecule has 0 aromatic rings. The molecule has 0 saturated heterocycles. The Morgan fingerprint density at radius 1 is 0.964 bits per heavy atom. The lowest BCUT2D eigenvalue weighted by Crippen LogP contribution is -2.20. The number of carbonyl (C=O) groups is 2. The highest BCUT2D eigenvalue weighted by atomic mass is 16.6. The van der Waals surface area contributed by atoms with E-state index in [1.807, 2.05) is 24.3 Å². The third-order valence-electron chi connectivity index (χ3n) is 4.03. The van der Waals surface area contributed by atoms with Gasteiger partial charge in [0.1, 0.15) is 32.2 Å². The van der Waals surface area contributed by atoms with Gasteiger partial charge in [-0.2, -0.15) is 0 Å². The summed E-state index contributed by atoms with van der Waals surface area (Å²) in [5.74, 6) is 0.402. The lowest BCUT2D eigenvalue weighted by Gasteiger charge is -2.28. The third-order valence-corrected chi connectivity index (χ3v) is 4.03. The Bertz CT molecular complexity index is 766. The number of ether oxygens (including phenoxy) is 4. The van der Waals surface area contributed by atoms with Gasteiger partial charge in [0.25, 0.3) is 0 Å². The van der Waals surface area contributed by atoms with Crippen LogP contribution in [0, 0.1) is 5.92 Å². The maximum absolute atomic E-state index is 11.5. The number of hydrogen-bond donors (Lipinski definition) is 0. The first-order valence-electron chi connectivity index (χ1n) is 9.10. The minimum absolute atomic E-state index is 0.0415. The largest absolute Gasteiger partial charge is 0.490 e. The smallest absolute Gasteiger partial charge is 0.333 e. The van der Waals surface area contributed by atoms with Gasteiger partial charge in [-0.1, -0.05) is 37.5 Å². The molecule has 2 aliphatic rings. The maximum atomic E-state index is 11.5. The summed E-state index contributed by atoms with van der Waals surface area (Å²) in [6.07, 6.45) is 10.7. The summed E-state index contributed by atoms with van der Waals surface area (Å²) in [6, 6.07) is 0. The molecule has 1 unspecified atom stereocenters. The fourth-order valence-corrected chi connectivity index (χ4v) is 2.61. The molecular weight excluding hydrogens is 360 g/mol. The molecule has 150 valence electrons. The van der Waals surface area contributed by atoms with Crippen molar-refractivity contribution in [2.45, 2.75) is 20.3 Å². The van der Waals surface area contributed by atoms with Crippen molar-refractivity contribution in [3.05, 3.63) is 71.8 Å². The quantitative estimate of drug-likeness (QED) is 0.325. The van der Waals surface area contributed by atoms with Gasteiger partial charge in [-0.25, -0.2) is 9.59 Å². The van der Waals surface area contributed by atoms with Crippen LogP contribution in [0.1, 0.15) is 20.3 Å². The number of esters is 2. The second-order valence-corrected chi connectivity index (χ2v) is 6.47. The average molecular weight is 386 g/mol. The van der Waals surface area contributed by atoms with Crippen molar-refractivity contribution in [2.24, 2.45) is 5.92 Å². The predicted octanol–water partition coefficient (Wildman–Crippen LogP) is 3.54. The van der Waals surface area contributed by atoms with Crippen molar-refractivity contribution in [2.75, 3.05) is 26.4 Å². The molecule has 0 spiro atoms. The van der Waals surface area contributed by atoms with E-state index in [0.717, 1.165) is 12.0 Å². The van der Waals surface area contributed by atoms with E-state index >= 15 is 0 Å². The summed E-state index contributed by atoms with van der Waals surface area (Å²) in [4.78, 5) is 22.9. The standard InChI is InChI=1S/C22H26O6/c1-15(2)21(23)27-13-11-25-19-10-9-17-7-5-6-8-18(17)20(19)26-12-14-28-22(24)16(3)4/h5-7,9-10,18H,1,3,8,11-14H2,2,4H3. The van der Waals surface area contributed by atoms with Crippen LogP contribution in [0.15, 0.2) is 71.8 Å². The number of fused-ring (bicyclic) bond motifs is 1. The van der Waals surface area contributed by atoms with Crippen LogP contribution in [-0.2, 0) is 28.5 Å². The maximum Gasteiger partial charge on any atom is 0.333 e. The van der Waals surface area contributed by atoms with Crippen LogP contribution < -0.4 is 0 Å². The Hall–Kier alpha value is -3.02. The van der Waals surface area contributed by atoms with Gasteiger partial charge in [0, 0.05) is 17.1 Å². The summed E-state index contributed by atoms with van der Waals surface area (Å²) < 4.78 is 21.8. The van der Waals surface area contributed by atoms with E-state index in [1.165, 1.54) is 0 Å².